The van der Waals surface area contributed by atoms with Gasteiger partial charge in [-0.3, -0.25) is 4.99 Å². The van der Waals surface area contributed by atoms with Crippen LogP contribution in [0.2, 0.25) is 0 Å². The molecule has 0 saturated heterocycles. The number of amidine groups is 1. The molecule has 1 aromatic rings. The van der Waals surface area contributed by atoms with Gasteiger partial charge in [-0.2, -0.15) is 0 Å². The lowest BCUT2D eigenvalue weighted by Gasteiger charge is -2.24. The Labute approximate surface area is 108 Å². The Morgan fingerprint density at radius 1 is 1.29 bits per heavy atom. The molecule has 0 spiro atoms. The first-order valence-corrected chi connectivity index (χ1v) is 7.09. The van der Waals surface area contributed by atoms with Gasteiger partial charge in [0, 0.05) is 11.4 Å². The van der Waals surface area contributed by atoms with Gasteiger partial charge in [-0.15, -0.1) is 0 Å². The Kier molecular flexibility index (Phi) is 3.77. The molecule has 0 amide bonds. The highest BCUT2D eigenvalue weighted by Gasteiger charge is 2.19. The third-order valence-electron chi connectivity index (χ3n) is 3.26. The largest absolute Gasteiger partial charge is 0.335 e. The van der Waals surface area contributed by atoms with Crippen LogP contribution in [0.15, 0.2) is 23.2 Å². The molecule has 92 valence electrons. The lowest BCUT2D eigenvalue weighted by Crippen LogP contribution is -2.25. The molecule has 0 saturated carbocycles. The van der Waals surface area contributed by atoms with Crippen molar-refractivity contribution in [1.29, 1.82) is 0 Å². The van der Waals surface area contributed by atoms with Crippen molar-refractivity contribution >= 4 is 22.6 Å². The highest BCUT2D eigenvalue weighted by atomic mass is 32.2. The van der Waals surface area contributed by atoms with Crippen LogP contribution in [0.1, 0.15) is 25.0 Å². The lowest BCUT2D eigenvalue weighted by molar-refractivity contribution is 0.537. The molecule has 0 fully saturated rings. The fourth-order valence-corrected chi connectivity index (χ4v) is 2.88. The molecule has 0 radical (unpaired) electrons. The summed E-state index contributed by atoms with van der Waals surface area (Å²) < 4.78 is 0. The molecule has 0 aromatic heterocycles. The van der Waals surface area contributed by atoms with Crippen molar-refractivity contribution in [2.75, 3.05) is 11.1 Å². The highest BCUT2D eigenvalue weighted by molar-refractivity contribution is 8.14. The summed E-state index contributed by atoms with van der Waals surface area (Å²) in [4.78, 5) is 4.70. The zero-order valence-corrected chi connectivity index (χ0v) is 11.8. The minimum Gasteiger partial charge on any atom is -0.335 e. The molecule has 1 aliphatic rings. The van der Waals surface area contributed by atoms with Crippen LogP contribution in [0, 0.1) is 19.8 Å². The molecule has 1 aliphatic heterocycles. The Morgan fingerprint density at radius 3 is 2.76 bits per heavy atom. The summed E-state index contributed by atoms with van der Waals surface area (Å²) in [5, 5.41) is 4.51. The van der Waals surface area contributed by atoms with Gasteiger partial charge in [0.15, 0.2) is 5.17 Å². The van der Waals surface area contributed by atoms with Crippen molar-refractivity contribution in [3.05, 3.63) is 29.3 Å². The van der Waals surface area contributed by atoms with Crippen molar-refractivity contribution in [2.45, 2.75) is 33.7 Å². The SMILES string of the molecule is Cc1ccc(C)c(NC2=NC(C)C(C)CS2)c1. The van der Waals surface area contributed by atoms with Crippen LogP contribution in [-0.4, -0.2) is 17.0 Å². The van der Waals surface area contributed by atoms with Crippen LogP contribution >= 0.6 is 11.8 Å². The molecule has 1 N–H and O–H groups in total. The number of thioether (sulfide) groups is 1. The third kappa shape index (κ3) is 3.03. The van der Waals surface area contributed by atoms with Gasteiger partial charge in [0.2, 0.25) is 0 Å². The number of benzene rings is 1. The third-order valence-corrected chi connectivity index (χ3v) is 4.44. The van der Waals surface area contributed by atoms with Gasteiger partial charge in [0.05, 0.1) is 6.04 Å². The van der Waals surface area contributed by atoms with Crippen LogP contribution in [-0.2, 0) is 0 Å². The molecular formula is C14H20N2S. The van der Waals surface area contributed by atoms with E-state index in [2.05, 4.69) is 51.2 Å². The summed E-state index contributed by atoms with van der Waals surface area (Å²) in [6.07, 6.45) is 0. The highest BCUT2D eigenvalue weighted by Crippen LogP contribution is 2.25. The standard InChI is InChI=1S/C14H20N2S/c1-9-5-6-10(2)13(7-9)16-14-15-12(4)11(3)8-17-14/h5-7,11-12H,8H2,1-4H3,(H,15,16). The molecule has 1 heterocycles. The molecular weight excluding hydrogens is 228 g/mol. The summed E-state index contributed by atoms with van der Waals surface area (Å²) in [6.45, 7) is 8.69. The number of nitrogens with one attached hydrogen (secondary N) is 1. The van der Waals surface area contributed by atoms with Gasteiger partial charge < -0.3 is 5.32 Å². The second-order valence-corrected chi connectivity index (χ2v) is 5.92. The fourth-order valence-electron chi connectivity index (χ4n) is 1.75. The van der Waals surface area contributed by atoms with Crippen molar-refractivity contribution in [3.8, 4) is 0 Å². The van der Waals surface area contributed by atoms with Crippen molar-refractivity contribution in [2.24, 2.45) is 10.9 Å². The maximum absolute atomic E-state index is 4.70. The average Bonchev–Trinajstić information content (AvgIpc) is 2.29. The number of anilines is 1. The second-order valence-electron chi connectivity index (χ2n) is 4.91. The second kappa shape index (κ2) is 5.13. The Balaban J connectivity index is 2.16. The molecule has 2 unspecified atom stereocenters. The smallest absolute Gasteiger partial charge is 0.161 e. The Morgan fingerprint density at radius 2 is 2.06 bits per heavy atom. The normalized spacial score (nSPS) is 24.4. The summed E-state index contributed by atoms with van der Waals surface area (Å²) in [6, 6.07) is 6.89. The van der Waals surface area contributed by atoms with E-state index in [4.69, 9.17) is 4.99 Å². The van der Waals surface area contributed by atoms with Gasteiger partial charge in [-0.25, -0.2) is 0 Å². The van der Waals surface area contributed by atoms with E-state index in [-0.39, 0.29) is 0 Å². The van der Waals surface area contributed by atoms with Gasteiger partial charge in [0.25, 0.3) is 0 Å². The van der Waals surface area contributed by atoms with Crippen LogP contribution in [0.5, 0.6) is 0 Å². The zero-order chi connectivity index (χ0) is 12.4. The van der Waals surface area contributed by atoms with Gasteiger partial charge in [-0.1, -0.05) is 30.8 Å². The number of rotatable bonds is 1. The van der Waals surface area contributed by atoms with Crippen LogP contribution in [0.25, 0.3) is 0 Å². The van der Waals surface area contributed by atoms with Crippen LogP contribution in [0.4, 0.5) is 5.69 Å². The predicted molar refractivity (Wildman–Crippen MR) is 78.1 cm³/mol. The number of nitrogens with zero attached hydrogens (tertiary/aromatic N) is 1. The van der Waals surface area contributed by atoms with E-state index in [0.29, 0.717) is 12.0 Å². The fraction of sp³-hybridized carbons (Fsp3) is 0.500. The maximum atomic E-state index is 4.70. The monoisotopic (exact) mass is 248 g/mol. The van der Waals surface area contributed by atoms with Gasteiger partial charge in [-0.05, 0) is 43.9 Å². The zero-order valence-electron chi connectivity index (χ0n) is 10.9. The van der Waals surface area contributed by atoms with E-state index >= 15 is 0 Å². The van der Waals surface area contributed by atoms with E-state index in [1.54, 1.807) is 0 Å². The number of hydrogen-bond donors (Lipinski definition) is 1. The van der Waals surface area contributed by atoms with E-state index in [1.165, 1.54) is 16.8 Å². The molecule has 3 heteroatoms. The summed E-state index contributed by atoms with van der Waals surface area (Å²) in [5.41, 5.74) is 3.73. The Bertz CT molecular complexity index is 440. The van der Waals surface area contributed by atoms with Gasteiger partial charge in [0.1, 0.15) is 0 Å². The molecule has 0 aliphatic carbocycles. The van der Waals surface area contributed by atoms with E-state index in [0.717, 1.165) is 10.9 Å². The van der Waals surface area contributed by atoms with Gasteiger partial charge >= 0.3 is 0 Å². The van der Waals surface area contributed by atoms with Crippen LogP contribution < -0.4 is 5.32 Å². The van der Waals surface area contributed by atoms with E-state index < -0.39 is 0 Å². The quantitative estimate of drug-likeness (QED) is 0.816. The van der Waals surface area contributed by atoms with Crippen molar-refractivity contribution in [1.82, 2.24) is 0 Å². The molecule has 2 nitrogen and oxygen atoms in total. The molecule has 2 rings (SSSR count). The van der Waals surface area contributed by atoms with Crippen molar-refractivity contribution in [3.63, 3.8) is 0 Å². The van der Waals surface area contributed by atoms with Crippen molar-refractivity contribution < 1.29 is 0 Å². The van der Waals surface area contributed by atoms with E-state index in [9.17, 15) is 0 Å². The predicted octanol–water partition coefficient (Wildman–Crippen LogP) is 3.84. The summed E-state index contributed by atoms with van der Waals surface area (Å²) in [5.74, 6) is 1.82. The average molecular weight is 248 g/mol. The molecule has 17 heavy (non-hydrogen) atoms. The lowest BCUT2D eigenvalue weighted by atomic mass is 10.1. The molecule has 2 atom stereocenters. The first-order chi connectivity index (χ1) is 8.06. The minimum atomic E-state index is 0.420. The number of hydrogen-bond acceptors (Lipinski definition) is 3. The summed E-state index contributed by atoms with van der Waals surface area (Å²) in [7, 11) is 0. The molecule has 0 bridgehead atoms. The molecule has 1 aromatic carbocycles. The first kappa shape index (κ1) is 12.5. The Hall–Kier alpha value is -0.960. The number of aliphatic imine (C=N–C) groups is 1. The van der Waals surface area contributed by atoms with E-state index in [1.807, 2.05) is 11.8 Å². The summed E-state index contributed by atoms with van der Waals surface area (Å²) >= 11 is 1.82. The first-order valence-electron chi connectivity index (χ1n) is 6.11. The minimum absolute atomic E-state index is 0.420. The number of aryl methyl sites for hydroxylation is 2. The maximum Gasteiger partial charge on any atom is 0.161 e. The topological polar surface area (TPSA) is 24.4 Å². The van der Waals surface area contributed by atoms with Crippen LogP contribution in [0.3, 0.4) is 0 Å².